The third-order valence-corrected chi connectivity index (χ3v) is 11.2. The van der Waals surface area contributed by atoms with Crippen LogP contribution < -0.4 is 20.9 Å². The molecule has 1 atom stereocenters. The highest BCUT2D eigenvalue weighted by atomic mass is 28.4. The van der Waals surface area contributed by atoms with Crippen molar-refractivity contribution in [2.24, 2.45) is 5.41 Å². The Balaban J connectivity index is 1.81. The van der Waals surface area contributed by atoms with Crippen LogP contribution in [0.2, 0.25) is 0 Å². The van der Waals surface area contributed by atoms with Gasteiger partial charge in [-0.2, -0.15) is 0 Å². The second-order valence-electron chi connectivity index (χ2n) is 12.5. The van der Waals surface area contributed by atoms with E-state index in [2.05, 4.69) is 137 Å². The van der Waals surface area contributed by atoms with Gasteiger partial charge >= 0.3 is 0 Å². The number of nitrogens with one attached hydrogen (secondary N) is 1. The van der Waals surface area contributed by atoms with E-state index in [1.807, 2.05) is 24.3 Å². The first kappa shape index (κ1) is 29.5. The lowest BCUT2D eigenvalue weighted by atomic mass is 9.81. The summed E-state index contributed by atoms with van der Waals surface area (Å²) in [6.07, 6.45) is 1.56. The molecule has 1 unspecified atom stereocenters. The maximum Gasteiger partial charge on any atom is 0.289 e. The van der Waals surface area contributed by atoms with Crippen LogP contribution in [-0.4, -0.2) is 25.9 Å². The Morgan fingerprint density at radius 3 is 1.48 bits per heavy atom. The molecule has 0 spiro atoms. The summed E-state index contributed by atoms with van der Waals surface area (Å²) in [6.45, 7) is 10.9. The molecule has 0 fully saturated rings. The Bertz CT molecular complexity index is 1240. The second-order valence-corrected chi connectivity index (χ2v) is 15.9. The highest BCUT2D eigenvalue weighted by Crippen LogP contribution is 2.27. The van der Waals surface area contributed by atoms with Gasteiger partial charge in [-0.1, -0.05) is 142 Å². The molecule has 0 saturated heterocycles. The van der Waals surface area contributed by atoms with Crippen LogP contribution in [0.1, 0.15) is 53.0 Å². The van der Waals surface area contributed by atoms with Crippen molar-refractivity contribution in [3.8, 4) is 0 Å². The maximum atomic E-state index is 14.2. The van der Waals surface area contributed by atoms with Crippen molar-refractivity contribution in [2.75, 3.05) is 0 Å². The standard InChI is InChI=1S/C36H43NO2Si/c1-35(2,3)28-36(4,5)37-34(38)33(27-26-29-18-10-6-11-19-29)39-40(30-20-12-7-13-21-30,31-22-14-8-15-23-31)32-24-16-9-17-25-32/h6-25,33H,26-28H2,1-5H3,(H,37,38). The number of benzene rings is 4. The Morgan fingerprint density at radius 2 is 1.07 bits per heavy atom. The average Bonchev–Trinajstić information content (AvgIpc) is 2.94. The first-order valence-electron chi connectivity index (χ1n) is 14.3. The van der Waals surface area contributed by atoms with E-state index in [-0.39, 0.29) is 16.9 Å². The minimum absolute atomic E-state index is 0.0511. The predicted molar refractivity (Wildman–Crippen MR) is 170 cm³/mol. The molecule has 208 valence electrons. The van der Waals surface area contributed by atoms with Crippen molar-refractivity contribution in [1.82, 2.24) is 5.32 Å². The van der Waals surface area contributed by atoms with Crippen molar-refractivity contribution in [3.63, 3.8) is 0 Å². The van der Waals surface area contributed by atoms with Crippen LogP contribution in [0.4, 0.5) is 0 Å². The molecule has 0 radical (unpaired) electrons. The number of carbonyl (C=O) groups is 1. The molecule has 0 aromatic heterocycles. The summed E-state index contributed by atoms with van der Waals surface area (Å²) < 4.78 is 7.38. The fourth-order valence-corrected chi connectivity index (χ4v) is 9.95. The highest BCUT2D eigenvalue weighted by Gasteiger charge is 2.45. The molecule has 1 N–H and O–H groups in total. The van der Waals surface area contributed by atoms with E-state index in [4.69, 9.17) is 4.43 Å². The maximum absolute atomic E-state index is 14.2. The topological polar surface area (TPSA) is 38.3 Å². The number of hydrogen-bond donors (Lipinski definition) is 1. The zero-order chi connectivity index (χ0) is 28.6. The van der Waals surface area contributed by atoms with E-state index in [0.717, 1.165) is 28.4 Å². The normalized spacial score (nSPS) is 13.0. The van der Waals surface area contributed by atoms with Crippen LogP contribution >= 0.6 is 0 Å². The lowest BCUT2D eigenvalue weighted by Gasteiger charge is -2.38. The Morgan fingerprint density at radius 1 is 0.675 bits per heavy atom. The van der Waals surface area contributed by atoms with Gasteiger partial charge < -0.3 is 9.74 Å². The third-order valence-electron chi connectivity index (χ3n) is 7.12. The summed E-state index contributed by atoms with van der Waals surface area (Å²) in [6, 6.07) is 41.8. The lowest BCUT2D eigenvalue weighted by molar-refractivity contribution is -0.130. The molecule has 0 saturated carbocycles. The molecule has 0 heterocycles. The van der Waals surface area contributed by atoms with Crippen LogP contribution in [0, 0.1) is 5.41 Å². The van der Waals surface area contributed by atoms with Crippen molar-refractivity contribution in [1.29, 1.82) is 0 Å². The van der Waals surface area contributed by atoms with Crippen molar-refractivity contribution < 1.29 is 9.22 Å². The van der Waals surface area contributed by atoms with Gasteiger partial charge in [-0.05, 0) is 59.6 Å². The van der Waals surface area contributed by atoms with Crippen LogP contribution in [0.15, 0.2) is 121 Å². The number of aryl methyl sites for hydroxylation is 1. The monoisotopic (exact) mass is 549 g/mol. The van der Waals surface area contributed by atoms with Crippen molar-refractivity contribution in [3.05, 3.63) is 127 Å². The van der Waals surface area contributed by atoms with Gasteiger partial charge in [-0.15, -0.1) is 0 Å². The summed E-state index contributed by atoms with van der Waals surface area (Å²) in [7, 11) is -3.07. The first-order chi connectivity index (χ1) is 19.1. The van der Waals surface area contributed by atoms with Gasteiger partial charge in [0.1, 0.15) is 6.10 Å². The smallest absolute Gasteiger partial charge is 0.289 e. The highest BCUT2D eigenvalue weighted by molar-refractivity contribution is 7.07. The van der Waals surface area contributed by atoms with Gasteiger partial charge in [0, 0.05) is 5.54 Å². The largest absolute Gasteiger partial charge is 0.392 e. The predicted octanol–water partition coefficient (Wildman–Crippen LogP) is 6.00. The van der Waals surface area contributed by atoms with E-state index in [9.17, 15) is 4.79 Å². The molecule has 0 aliphatic rings. The molecule has 4 heteroatoms. The van der Waals surface area contributed by atoms with E-state index < -0.39 is 14.4 Å². The summed E-state index contributed by atoms with van der Waals surface area (Å²) in [4.78, 5) is 14.2. The van der Waals surface area contributed by atoms with Crippen LogP contribution in [0.3, 0.4) is 0 Å². The lowest BCUT2D eigenvalue weighted by Crippen LogP contribution is -2.71. The molecule has 40 heavy (non-hydrogen) atoms. The van der Waals surface area contributed by atoms with Gasteiger partial charge in [0.25, 0.3) is 8.32 Å². The van der Waals surface area contributed by atoms with Crippen LogP contribution in [0.25, 0.3) is 0 Å². The number of hydrogen-bond acceptors (Lipinski definition) is 2. The van der Waals surface area contributed by atoms with E-state index in [1.54, 1.807) is 0 Å². The fourth-order valence-electron chi connectivity index (χ4n) is 5.91. The number of carbonyl (C=O) groups excluding carboxylic acids is 1. The molecule has 3 nitrogen and oxygen atoms in total. The van der Waals surface area contributed by atoms with Crippen molar-refractivity contribution >= 4 is 29.8 Å². The molecule has 0 aliphatic carbocycles. The van der Waals surface area contributed by atoms with Gasteiger partial charge in [-0.3, -0.25) is 4.79 Å². The zero-order valence-electron chi connectivity index (χ0n) is 24.6. The van der Waals surface area contributed by atoms with Crippen LogP contribution in [0.5, 0.6) is 0 Å². The summed E-state index contributed by atoms with van der Waals surface area (Å²) in [5, 5.41) is 6.76. The number of rotatable bonds is 11. The molecule has 4 aromatic carbocycles. The van der Waals surface area contributed by atoms with E-state index in [1.165, 1.54) is 5.56 Å². The van der Waals surface area contributed by atoms with Crippen molar-refractivity contribution in [2.45, 2.75) is 65.5 Å². The minimum Gasteiger partial charge on any atom is -0.392 e. The second kappa shape index (κ2) is 12.8. The SMILES string of the molecule is CC(C)(C)CC(C)(C)NC(=O)C(CCc1ccccc1)O[Si](c1ccccc1)(c1ccccc1)c1ccccc1. The van der Waals surface area contributed by atoms with E-state index in [0.29, 0.717) is 6.42 Å². The molecular formula is C36H43NO2Si. The van der Waals surface area contributed by atoms with Crippen LogP contribution in [-0.2, 0) is 15.6 Å². The van der Waals surface area contributed by atoms with E-state index >= 15 is 0 Å². The summed E-state index contributed by atoms with van der Waals surface area (Å²) in [5.41, 5.74) is 0.901. The van der Waals surface area contributed by atoms with Gasteiger partial charge in [0.2, 0.25) is 5.91 Å². The van der Waals surface area contributed by atoms with Gasteiger partial charge in [-0.25, -0.2) is 0 Å². The molecule has 0 bridgehead atoms. The Hall–Kier alpha value is -3.47. The van der Waals surface area contributed by atoms with Gasteiger partial charge in [0.05, 0.1) is 0 Å². The molecule has 4 rings (SSSR count). The third kappa shape index (κ3) is 7.59. The summed E-state index contributed by atoms with van der Waals surface area (Å²) >= 11 is 0. The summed E-state index contributed by atoms with van der Waals surface area (Å²) in [5.74, 6) is -0.0511. The average molecular weight is 550 g/mol. The fraction of sp³-hybridized carbons (Fsp3) is 0.306. The Labute approximate surface area is 241 Å². The number of amides is 1. The first-order valence-corrected chi connectivity index (χ1v) is 16.2. The minimum atomic E-state index is -3.07. The van der Waals surface area contributed by atoms with Gasteiger partial charge in [0.15, 0.2) is 0 Å². The zero-order valence-corrected chi connectivity index (χ0v) is 25.6. The molecule has 4 aromatic rings. The molecule has 0 aliphatic heterocycles. The molecule has 1 amide bonds. The molecular weight excluding hydrogens is 506 g/mol. The quantitative estimate of drug-likeness (QED) is 0.184. The Kier molecular flexibility index (Phi) is 9.44.